The van der Waals surface area contributed by atoms with Crippen LogP contribution < -0.4 is 5.73 Å². The molecule has 2 nitrogen and oxygen atoms in total. The predicted octanol–water partition coefficient (Wildman–Crippen LogP) is 2.52. The average molecular weight is 211 g/mol. The highest BCUT2D eigenvalue weighted by Crippen LogP contribution is 2.30. The fraction of sp³-hybridized carbons (Fsp3) is 0.455. The molecule has 0 spiro atoms. The Labute approximate surface area is 89.7 Å². The van der Waals surface area contributed by atoms with E-state index in [1.807, 2.05) is 18.2 Å². The first kappa shape index (κ1) is 9.81. The number of nitrogens with zero attached hydrogens (tertiary/aromatic N) is 1. The van der Waals surface area contributed by atoms with Crippen molar-refractivity contribution in [2.45, 2.75) is 25.4 Å². The zero-order valence-electron chi connectivity index (χ0n) is 8.33. The lowest BCUT2D eigenvalue weighted by Crippen LogP contribution is -2.20. The van der Waals surface area contributed by atoms with E-state index in [2.05, 4.69) is 11.9 Å². The van der Waals surface area contributed by atoms with Crippen LogP contribution in [0.3, 0.4) is 0 Å². The van der Waals surface area contributed by atoms with Gasteiger partial charge in [-0.15, -0.1) is 0 Å². The second-order valence-electron chi connectivity index (χ2n) is 3.95. The maximum atomic E-state index is 6.09. The molecule has 1 aromatic carbocycles. The Hall–Kier alpha value is -0.730. The van der Waals surface area contributed by atoms with Crippen molar-refractivity contribution in [1.29, 1.82) is 0 Å². The van der Waals surface area contributed by atoms with Crippen LogP contribution >= 0.6 is 11.6 Å². The van der Waals surface area contributed by atoms with Crippen LogP contribution in [0.5, 0.6) is 0 Å². The van der Waals surface area contributed by atoms with Crippen molar-refractivity contribution in [2.24, 2.45) is 0 Å². The Morgan fingerprint density at radius 1 is 1.50 bits per heavy atom. The van der Waals surface area contributed by atoms with E-state index in [1.54, 1.807) is 0 Å². The largest absolute Gasteiger partial charge is 0.398 e. The lowest BCUT2D eigenvalue weighted by Gasteiger charge is -2.17. The quantitative estimate of drug-likeness (QED) is 0.777. The molecule has 0 atom stereocenters. The van der Waals surface area contributed by atoms with Gasteiger partial charge in [0.2, 0.25) is 0 Å². The van der Waals surface area contributed by atoms with Gasteiger partial charge >= 0.3 is 0 Å². The Morgan fingerprint density at radius 2 is 2.21 bits per heavy atom. The summed E-state index contributed by atoms with van der Waals surface area (Å²) in [4.78, 5) is 2.32. The van der Waals surface area contributed by atoms with E-state index in [1.165, 1.54) is 12.8 Å². The van der Waals surface area contributed by atoms with Crippen LogP contribution in [0.4, 0.5) is 5.69 Å². The van der Waals surface area contributed by atoms with E-state index in [0.717, 1.165) is 28.9 Å². The molecule has 1 fully saturated rings. The summed E-state index contributed by atoms with van der Waals surface area (Å²) >= 11 is 6.09. The van der Waals surface area contributed by atoms with Gasteiger partial charge in [0.1, 0.15) is 0 Å². The second-order valence-corrected chi connectivity index (χ2v) is 4.36. The zero-order chi connectivity index (χ0) is 10.1. The van der Waals surface area contributed by atoms with Gasteiger partial charge in [0, 0.05) is 28.9 Å². The number of anilines is 1. The molecular formula is C11H15ClN2. The van der Waals surface area contributed by atoms with Gasteiger partial charge in [-0.3, -0.25) is 4.90 Å². The molecule has 1 saturated carbocycles. The standard InChI is InChI=1S/C11H15ClN2/c1-14(8-5-6-8)7-9-10(12)3-2-4-11(9)13/h2-4,8H,5-7,13H2,1H3. The van der Waals surface area contributed by atoms with E-state index in [-0.39, 0.29) is 0 Å². The van der Waals surface area contributed by atoms with Crippen molar-refractivity contribution in [3.8, 4) is 0 Å². The SMILES string of the molecule is CN(Cc1c(N)cccc1Cl)C1CC1. The Bertz CT molecular complexity index is 314. The van der Waals surface area contributed by atoms with E-state index in [9.17, 15) is 0 Å². The van der Waals surface area contributed by atoms with Gasteiger partial charge in [-0.2, -0.15) is 0 Å². The Balaban J connectivity index is 2.14. The summed E-state index contributed by atoms with van der Waals surface area (Å²) in [6.45, 7) is 0.857. The summed E-state index contributed by atoms with van der Waals surface area (Å²) in [5.74, 6) is 0. The van der Waals surface area contributed by atoms with Crippen molar-refractivity contribution in [2.75, 3.05) is 12.8 Å². The first-order valence-corrected chi connectivity index (χ1v) is 5.29. The summed E-state index contributed by atoms with van der Waals surface area (Å²) in [5, 5.41) is 0.775. The predicted molar refractivity (Wildman–Crippen MR) is 60.4 cm³/mol. The molecule has 1 aromatic rings. The molecule has 2 N–H and O–H groups in total. The molecule has 3 heteroatoms. The van der Waals surface area contributed by atoms with Gasteiger partial charge in [-0.05, 0) is 32.0 Å². The van der Waals surface area contributed by atoms with Crippen molar-refractivity contribution < 1.29 is 0 Å². The summed E-state index contributed by atoms with van der Waals surface area (Å²) in [7, 11) is 2.13. The van der Waals surface area contributed by atoms with Gasteiger partial charge in [0.25, 0.3) is 0 Å². The Kier molecular flexibility index (Phi) is 2.66. The fourth-order valence-corrected chi connectivity index (χ4v) is 1.88. The van der Waals surface area contributed by atoms with Crippen molar-refractivity contribution in [3.63, 3.8) is 0 Å². The van der Waals surface area contributed by atoms with E-state index in [4.69, 9.17) is 17.3 Å². The van der Waals surface area contributed by atoms with Gasteiger partial charge in [-0.25, -0.2) is 0 Å². The molecule has 14 heavy (non-hydrogen) atoms. The monoisotopic (exact) mass is 210 g/mol. The van der Waals surface area contributed by atoms with Crippen LogP contribution in [-0.4, -0.2) is 18.0 Å². The van der Waals surface area contributed by atoms with Gasteiger partial charge < -0.3 is 5.73 Å². The second kappa shape index (κ2) is 3.79. The maximum Gasteiger partial charge on any atom is 0.0471 e. The third kappa shape index (κ3) is 2.02. The fourth-order valence-electron chi connectivity index (χ4n) is 1.64. The average Bonchev–Trinajstić information content (AvgIpc) is 2.94. The lowest BCUT2D eigenvalue weighted by molar-refractivity contribution is 0.317. The normalized spacial score (nSPS) is 16.2. The highest BCUT2D eigenvalue weighted by molar-refractivity contribution is 6.31. The number of nitrogen functional groups attached to an aromatic ring is 1. The third-order valence-electron chi connectivity index (χ3n) is 2.73. The van der Waals surface area contributed by atoms with Crippen molar-refractivity contribution in [1.82, 2.24) is 4.90 Å². The zero-order valence-corrected chi connectivity index (χ0v) is 9.09. The van der Waals surface area contributed by atoms with Gasteiger partial charge in [-0.1, -0.05) is 17.7 Å². The molecule has 0 bridgehead atoms. The van der Waals surface area contributed by atoms with Crippen molar-refractivity contribution in [3.05, 3.63) is 28.8 Å². The van der Waals surface area contributed by atoms with Crippen LogP contribution in [0.25, 0.3) is 0 Å². The first-order chi connectivity index (χ1) is 6.68. The summed E-state index contributed by atoms with van der Waals surface area (Å²) in [6, 6.07) is 6.43. The van der Waals surface area contributed by atoms with Crippen LogP contribution in [0.1, 0.15) is 18.4 Å². The molecule has 1 aliphatic rings. The van der Waals surface area contributed by atoms with Crippen molar-refractivity contribution >= 4 is 17.3 Å². The smallest absolute Gasteiger partial charge is 0.0471 e. The molecule has 76 valence electrons. The number of rotatable bonds is 3. The number of benzene rings is 1. The van der Waals surface area contributed by atoms with E-state index >= 15 is 0 Å². The molecule has 0 heterocycles. The van der Waals surface area contributed by atoms with Crippen LogP contribution in [-0.2, 0) is 6.54 Å². The number of nitrogens with two attached hydrogens (primary N) is 1. The highest BCUT2D eigenvalue weighted by Gasteiger charge is 2.26. The molecule has 0 aromatic heterocycles. The van der Waals surface area contributed by atoms with Crippen LogP contribution in [0.15, 0.2) is 18.2 Å². The minimum Gasteiger partial charge on any atom is -0.398 e. The number of hydrogen-bond acceptors (Lipinski definition) is 2. The third-order valence-corrected chi connectivity index (χ3v) is 3.09. The van der Waals surface area contributed by atoms with Gasteiger partial charge in [0.15, 0.2) is 0 Å². The molecule has 0 saturated heterocycles. The van der Waals surface area contributed by atoms with E-state index < -0.39 is 0 Å². The lowest BCUT2D eigenvalue weighted by atomic mass is 10.1. The molecular weight excluding hydrogens is 196 g/mol. The number of halogens is 1. The summed E-state index contributed by atoms with van der Waals surface area (Å²) < 4.78 is 0. The molecule has 0 aliphatic heterocycles. The van der Waals surface area contributed by atoms with Gasteiger partial charge in [0.05, 0.1) is 0 Å². The topological polar surface area (TPSA) is 29.3 Å². The molecule has 1 aliphatic carbocycles. The summed E-state index contributed by atoms with van der Waals surface area (Å²) in [6.07, 6.45) is 2.61. The molecule has 2 rings (SSSR count). The maximum absolute atomic E-state index is 6.09. The van der Waals surface area contributed by atoms with E-state index in [0.29, 0.717) is 0 Å². The summed E-state index contributed by atoms with van der Waals surface area (Å²) in [5.41, 5.74) is 7.73. The molecule has 0 unspecified atom stereocenters. The molecule has 0 amide bonds. The minimum absolute atomic E-state index is 0.741. The van der Waals surface area contributed by atoms with Crippen LogP contribution in [0, 0.1) is 0 Å². The minimum atomic E-state index is 0.741. The number of hydrogen-bond donors (Lipinski definition) is 1. The van der Waals surface area contributed by atoms with Crippen LogP contribution in [0.2, 0.25) is 5.02 Å². The molecule has 0 radical (unpaired) electrons. The first-order valence-electron chi connectivity index (χ1n) is 4.91. The Morgan fingerprint density at radius 3 is 2.79 bits per heavy atom. The highest BCUT2D eigenvalue weighted by atomic mass is 35.5.